The van der Waals surface area contributed by atoms with Gasteiger partial charge in [0.2, 0.25) is 0 Å². The van der Waals surface area contributed by atoms with Crippen LogP contribution in [0.2, 0.25) is 0 Å². The van der Waals surface area contributed by atoms with Gasteiger partial charge in [0, 0.05) is 53.9 Å². The van der Waals surface area contributed by atoms with Gasteiger partial charge in [-0.2, -0.15) is 0 Å². The van der Waals surface area contributed by atoms with Crippen LogP contribution in [0.3, 0.4) is 0 Å². The molecule has 0 radical (unpaired) electrons. The molecule has 6 nitrogen and oxygen atoms in total. The van der Waals surface area contributed by atoms with Gasteiger partial charge in [0.05, 0.1) is 6.61 Å². The van der Waals surface area contributed by atoms with E-state index in [0.29, 0.717) is 43.2 Å². The van der Waals surface area contributed by atoms with Crippen LogP contribution in [-0.2, 0) is 0 Å². The zero-order valence-electron chi connectivity index (χ0n) is 21.9. The van der Waals surface area contributed by atoms with Gasteiger partial charge in [-0.15, -0.1) is 0 Å². The van der Waals surface area contributed by atoms with E-state index in [9.17, 15) is 10.2 Å². The third-order valence-corrected chi connectivity index (χ3v) is 7.12. The maximum Gasteiger partial charge on any atom is 0.150 e. The fourth-order valence-electron chi connectivity index (χ4n) is 5.39. The summed E-state index contributed by atoms with van der Waals surface area (Å²) in [5.41, 5.74) is 4.97. The number of benzene rings is 3. The summed E-state index contributed by atoms with van der Waals surface area (Å²) in [5, 5.41) is 20.2. The van der Waals surface area contributed by atoms with Crippen LogP contribution in [0.4, 0.5) is 0 Å². The van der Waals surface area contributed by atoms with Crippen molar-refractivity contribution in [2.75, 3.05) is 19.8 Å². The Morgan fingerprint density at radius 3 is 2.19 bits per heavy atom. The SMILES string of the molecule is CC(C)N(CCOc1ccc([C@H]2Oc3cc(O)ccc3C3=C2c2ccc(O)cc2OCC3)cc1)C(C)C. The van der Waals surface area contributed by atoms with Gasteiger partial charge in [0.15, 0.2) is 0 Å². The lowest BCUT2D eigenvalue weighted by molar-refractivity contribution is 0.142. The first-order valence-electron chi connectivity index (χ1n) is 13.0. The van der Waals surface area contributed by atoms with Crippen molar-refractivity contribution in [2.24, 2.45) is 0 Å². The van der Waals surface area contributed by atoms with Crippen LogP contribution in [0.15, 0.2) is 60.7 Å². The van der Waals surface area contributed by atoms with Crippen molar-refractivity contribution in [3.05, 3.63) is 77.4 Å². The molecule has 0 unspecified atom stereocenters. The Bertz CT molecular complexity index is 1290. The van der Waals surface area contributed by atoms with E-state index >= 15 is 0 Å². The van der Waals surface area contributed by atoms with E-state index in [1.807, 2.05) is 36.4 Å². The molecule has 0 amide bonds. The molecule has 1 atom stereocenters. The second-order valence-corrected chi connectivity index (χ2v) is 10.2. The maximum absolute atomic E-state index is 10.1. The van der Waals surface area contributed by atoms with Crippen LogP contribution in [0.5, 0.6) is 28.7 Å². The smallest absolute Gasteiger partial charge is 0.150 e. The van der Waals surface area contributed by atoms with Gasteiger partial charge in [-0.05, 0) is 75.2 Å². The molecular formula is C31H35NO5. The molecule has 0 bridgehead atoms. The summed E-state index contributed by atoms with van der Waals surface area (Å²) in [7, 11) is 0. The Balaban J connectivity index is 1.46. The van der Waals surface area contributed by atoms with Gasteiger partial charge >= 0.3 is 0 Å². The predicted molar refractivity (Wildman–Crippen MR) is 145 cm³/mol. The number of hydrogen-bond donors (Lipinski definition) is 2. The summed E-state index contributed by atoms with van der Waals surface area (Å²) < 4.78 is 18.6. The molecule has 2 aliphatic heterocycles. The predicted octanol–water partition coefficient (Wildman–Crippen LogP) is 6.42. The summed E-state index contributed by atoms with van der Waals surface area (Å²) in [4.78, 5) is 2.41. The van der Waals surface area contributed by atoms with Gasteiger partial charge in [0.1, 0.15) is 41.5 Å². The van der Waals surface area contributed by atoms with Gasteiger partial charge in [-0.3, -0.25) is 4.90 Å². The molecule has 0 aliphatic carbocycles. The van der Waals surface area contributed by atoms with E-state index in [0.717, 1.165) is 40.1 Å². The highest BCUT2D eigenvalue weighted by Crippen LogP contribution is 2.51. The molecule has 0 spiro atoms. The number of phenolic OH excluding ortho intramolecular Hbond substituents is 2. The lowest BCUT2D eigenvalue weighted by Gasteiger charge is -2.31. The highest BCUT2D eigenvalue weighted by molar-refractivity contribution is 5.98. The molecule has 0 saturated heterocycles. The summed E-state index contributed by atoms with van der Waals surface area (Å²) in [6, 6.07) is 19.4. The Morgan fingerprint density at radius 2 is 1.51 bits per heavy atom. The van der Waals surface area contributed by atoms with E-state index in [1.165, 1.54) is 0 Å². The van der Waals surface area contributed by atoms with Crippen molar-refractivity contribution in [3.8, 4) is 28.7 Å². The van der Waals surface area contributed by atoms with E-state index < -0.39 is 6.10 Å². The second-order valence-electron chi connectivity index (χ2n) is 10.2. The molecule has 3 aromatic rings. The minimum atomic E-state index is -0.402. The van der Waals surface area contributed by atoms with Crippen LogP contribution >= 0.6 is 0 Å². The lowest BCUT2D eigenvalue weighted by atomic mass is 9.84. The summed E-state index contributed by atoms with van der Waals surface area (Å²) in [6.07, 6.45) is 0.284. The molecule has 6 heteroatoms. The normalized spacial score (nSPS) is 16.6. The maximum atomic E-state index is 10.1. The number of fused-ring (bicyclic) bond motifs is 4. The van der Waals surface area contributed by atoms with Crippen molar-refractivity contribution < 1.29 is 24.4 Å². The molecule has 37 heavy (non-hydrogen) atoms. The fraction of sp³-hybridized carbons (Fsp3) is 0.355. The first-order valence-corrected chi connectivity index (χ1v) is 13.0. The Labute approximate surface area is 218 Å². The van der Waals surface area contributed by atoms with Gasteiger partial charge in [-0.25, -0.2) is 0 Å². The second kappa shape index (κ2) is 10.4. The highest BCUT2D eigenvalue weighted by atomic mass is 16.5. The summed E-state index contributed by atoms with van der Waals surface area (Å²) in [5.74, 6) is 2.43. The standard InChI is InChI=1S/C31H35NO5/c1-19(2)32(20(3)4)14-16-35-24-9-5-21(6-10-24)31-30-26(25-11-7-23(34)18-29(25)37-31)13-15-36-28-17-22(33)8-12-27(28)30/h5-12,17-20,31,33-34H,13-16H2,1-4H3/t31-/m1/s1. The Morgan fingerprint density at radius 1 is 0.865 bits per heavy atom. The fourth-order valence-corrected chi connectivity index (χ4v) is 5.39. The van der Waals surface area contributed by atoms with Crippen LogP contribution in [0.1, 0.15) is 56.9 Å². The quantitative estimate of drug-likeness (QED) is 0.389. The zero-order chi connectivity index (χ0) is 26.1. The van der Waals surface area contributed by atoms with E-state index in [4.69, 9.17) is 14.2 Å². The van der Waals surface area contributed by atoms with Crippen LogP contribution in [-0.4, -0.2) is 47.0 Å². The zero-order valence-corrected chi connectivity index (χ0v) is 21.9. The topological polar surface area (TPSA) is 71.4 Å². The largest absolute Gasteiger partial charge is 0.508 e. The average Bonchev–Trinajstić information content (AvgIpc) is 3.05. The van der Waals surface area contributed by atoms with E-state index in [2.05, 4.69) is 32.6 Å². The molecule has 0 aromatic heterocycles. The molecule has 0 saturated carbocycles. The first-order chi connectivity index (χ1) is 17.8. The van der Waals surface area contributed by atoms with Gasteiger partial charge in [0.25, 0.3) is 0 Å². The van der Waals surface area contributed by atoms with Crippen molar-refractivity contribution in [1.82, 2.24) is 4.90 Å². The average molecular weight is 502 g/mol. The van der Waals surface area contributed by atoms with E-state index in [1.54, 1.807) is 24.3 Å². The number of aromatic hydroxyl groups is 2. The molecule has 2 N–H and O–H groups in total. The lowest BCUT2D eigenvalue weighted by Crippen LogP contribution is -2.39. The third-order valence-electron chi connectivity index (χ3n) is 7.12. The number of ether oxygens (including phenoxy) is 3. The van der Waals surface area contributed by atoms with Crippen molar-refractivity contribution in [3.63, 3.8) is 0 Å². The number of hydrogen-bond acceptors (Lipinski definition) is 6. The molecule has 5 rings (SSSR count). The molecule has 0 fully saturated rings. The van der Waals surface area contributed by atoms with Crippen molar-refractivity contribution in [2.45, 2.75) is 52.3 Å². The number of phenols is 2. The van der Waals surface area contributed by atoms with E-state index in [-0.39, 0.29) is 11.5 Å². The van der Waals surface area contributed by atoms with Crippen LogP contribution in [0, 0.1) is 0 Å². The van der Waals surface area contributed by atoms with Crippen molar-refractivity contribution >= 4 is 11.1 Å². The minimum Gasteiger partial charge on any atom is -0.508 e. The Hall–Kier alpha value is -3.64. The van der Waals surface area contributed by atoms with Crippen LogP contribution < -0.4 is 14.2 Å². The summed E-state index contributed by atoms with van der Waals surface area (Å²) in [6.45, 7) is 10.8. The molecule has 194 valence electrons. The Kier molecular flexibility index (Phi) is 7.02. The number of rotatable bonds is 7. The molecule has 3 aromatic carbocycles. The van der Waals surface area contributed by atoms with Crippen LogP contribution in [0.25, 0.3) is 11.1 Å². The summed E-state index contributed by atoms with van der Waals surface area (Å²) >= 11 is 0. The number of nitrogens with zero attached hydrogens (tertiary/aromatic N) is 1. The molecule has 2 aliphatic rings. The van der Waals surface area contributed by atoms with Crippen molar-refractivity contribution in [1.29, 1.82) is 0 Å². The highest BCUT2D eigenvalue weighted by Gasteiger charge is 2.34. The van der Waals surface area contributed by atoms with Gasteiger partial charge < -0.3 is 24.4 Å². The van der Waals surface area contributed by atoms with Gasteiger partial charge in [-0.1, -0.05) is 12.1 Å². The minimum absolute atomic E-state index is 0.163. The first kappa shape index (κ1) is 25.0. The monoisotopic (exact) mass is 501 g/mol. The molecular weight excluding hydrogens is 466 g/mol. The third kappa shape index (κ3) is 5.12. The molecule has 2 heterocycles.